The Morgan fingerprint density at radius 3 is 2.65 bits per heavy atom. The van der Waals surface area contributed by atoms with Gasteiger partial charge in [0.1, 0.15) is 5.75 Å². The van der Waals surface area contributed by atoms with Gasteiger partial charge in [-0.05, 0) is 24.5 Å². The van der Waals surface area contributed by atoms with Crippen molar-refractivity contribution in [1.29, 1.82) is 0 Å². The average Bonchev–Trinajstić information content (AvgIpc) is 2.46. The summed E-state index contributed by atoms with van der Waals surface area (Å²) in [6, 6.07) is 4.25. The maximum absolute atomic E-state index is 5.89. The van der Waals surface area contributed by atoms with Gasteiger partial charge in [0.05, 0.1) is 25.9 Å². The Morgan fingerprint density at radius 1 is 1.20 bits per heavy atom. The Hall–Kier alpha value is -1.32. The van der Waals surface area contributed by atoms with Gasteiger partial charge in [-0.15, -0.1) is 0 Å². The van der Waals surface area contributed by atoms with Crippen molar-refractivity contribution in [2.75, 3.05) is 20.3 Å². The largest absolute Gasteiger partial charge is 0.496 e. The second kappa shape index (κ2) is 5.23. The van der Waals surface area contributed by atoms with E-state index >= 15 is 0 Å². The van der Waals surface area contributed by atoms with Crippen molar-refractivity contribution in [1.82, 2.24) is 0 Å². The number of aryl methyl sites for hydroxylation is 1. The van der Waals surface area contributed by atoms with Crippen molar-refractivity contribution < 1.29 is 14.2 Å². The van der Waals surface area contributed by atoms with Gasteiger partial charge in [0.15, 0.2) is 6.29 Å². The Balaban J connectivity index is 1.93. The average molecular weight is 274 g/mol. The summed E-state index contributed by atoms with van der Waals surface area (Å²) in [4.78, 5) is 0. The van der Waals surface area contributed by atoms with E-state index in [0.29, 0.717) is 13.2 Å². The van der Waals surface area contributed by atoms with Crippen LogP contribution >= 0.6 is 0 Å². The molecule has 0 unspecified atom stereocenters. The molecule has 3 rings (SSSR count). The van der Waals surface area contributed by atoms with Crippen molar-refractivity contribution in [2.45, 2.75) is 33.0 Å². The third kappa shape index (κ3) is 2.48. The van der Waals surface area contributed by atoms with Crippen molar-refractivity contribution in [3.63, 3.8) is 0 Å². The predicted octanol–water partition coefficient (Wildman–Crippen LogP) is 3.73. The van der Waals surface area contributed by atoms with E-state index in [4.69, 9.17) is 14.2 Å². The first kappa shape index (κ1) is 13.7. The summed E-state index contributed by atoms with van der Waals surface area (Å²) < 4.78 is 17.4. The highest BCUT2D eigenvalue weighted by Gasteiger charge is 2.31. The Labute approximate surface area is 120 Å². The summed E-state index contributed by atoms with van der Waals surface area (Å²) in [5.41, 5.74) is 3.59. The molecule has 108 valence electrons. The van der Waals surface area contributed by atoms with E-state index in [2.05, 4.69) is 38.1 Å². The zero-order valence-electron chi connectivity index (χ0n) is 12.4. The molecule has 1 aliphatic heterocycles. The van der Waals surface area contributed by atoms with Crippen LogP contribution in [0.25, 0.3) is 6.08 Å². The lowest BCUT2D eigenvalue weighted by Gasteiger charge is -2.35. The number of rotatable bonds is 2. The lowest BCUT2D eigenvalue weighted by molar-refractivity contribution is -0.226. The SMILES string of the molecule is COc1c(C2OCC(C)(C)CO2)ccc2c1C=CCC2. The maximum atomic E-state index is 5.89. The van der Waals surface area contributed by atoms with Crippen LogP contribution < -0.4 is 4.74 Å². The molecule has 0 aromatic heterocycles. The molecule has 1 aromatic rings. The number of ether oxygens (including phenoxy) is 3. The van der Waals surface area contributed by atoms with Gasteiger partial charge in [-0.25, -0.2) is 0 Å². The predicted molar refractivity (Wildman–Crippen MR) is 78.8 cm³/mol. The van der Waals surface area contributed by atoms with Gasteiger partial charge in [-0.1, -0.05) is 32.1 Å². The molecule has 0 radical (unpaired) electrons. The minimum Gasteiger partial charge on any atom is -0.496 e. The van der Waals surface area contributed by atoms with E-state index in [0.717, 1.165) is 24.2 Å². The summed E-state index contributed by atoms with van der Waals surface area (Å²) in [5, 5.41) is 0. The van der Waals surface area contributed by atoms with Crippen LogP contribution in [0.2, 0.25) is 0 Å². The summed E-state index contributed by atoms with van der Waals surface area (Å²) in [5.74, 6) is 0.892. The van der Waals surface area contributed by atoms with E-state index in [1.807, 2.05) is 0 Å². The Bertz CT molecular complexity index is 521. The van der Waals surface area contributed by atoms with Gasteiger partial charge < -0.3 is 14.2 Å². The number of fused-ring (bicyclic) bond motifs is 1. The number of hydrogen-bond acceptors (Lipinski definition) is 3. The number of methoxy groups -OCH3 is 1. The summed E-state index contributed by atoms with van der Waals surface area (Å²) in [6.45, 7) is 5.70. The van der Waals surface area contributed by atoms with E-state index in [9.17, 15) is 0 Å². The number of allylic oxidation sites excluding steroid dienone is 1. The first-order chi connectivity index (χ1) is 9.61. The normalized spacial score (nSPS) is 21.6. The van der Waals surface area contributed by atoms with Gasteiger partial charge in [-0.2, -0.15) is 0 Å². The Kier molecular flexibility index (Phi) is 3.57. The molecule has 1 aromatic carbocycles. The fourth-order valence-corrected chi connectivity index (χ4v) is 2.78. The number of hydrogen-bond donors (Lipinski definition) is 0. The second-order valence-electron chi connectivity index (χ2n) is 6.32. The third-order valence-electron chi connectivity index (χ3n) is 3.89. The summed E-state index contributed by atoms with van der Waals surface area (Å²) in [7, 11) is 1.72. The van der Waals surface area contributed by atoms with Gasteiger partial charge in [0.25, 0.3) is 0 Å². The van der Waals surface area contributed by atoms with E-state index in [-0.39, 0.29) is 11.7 Å². The van der Waals surface area contributed by atoms with Crippen molar-refractivity contribution in [3.8, 4) is 5.75 Å². The smallest absolute Gasteiger partial charge is 0.187 e. The highest BCUT2D eigenvalue weighted by atomic mass is 16.7. The third-order valence-corrected chi connectivity index (χ3v) is 3.89. The molecule has 1 fully saturated rings. The van der Waals surface area contributed by atoms with Gasteiger partial charge >= 0.3 is 0 Å². The van der Waals surface area contributed by atoms with Crippen LogP contribution in [-0.4, -0.2) is 20.3 Å². The summed E-state index contributed by atoms with van der Waals surface area (Å²) in [6.07, 6.45) is 6.19. The highest BCUT2D eigenvalue weighted by Crippen LogP contribution is 2.39. The molecule has 1 heterocycles. The van der Waals surface area contributed by atoms with Crippen LogP contribution in [0.15, 0.2) is 18.2 Å². The van der Waals surface area contributed by atoms with Crippen molar-refractivity contribution in [2.24, 2.45) is 5.41 Å². The molecular formula is C17H22O3. The van der Waals surface area contributed by atoms with Crippen LogP contribution in [0.4, 0.5) is 0 Å². The topological polar surface area (TPSA) is 27.7 Å². The fraction of sp³-hybridized carbons (Fsp3) is 0.529. The van der Waals surface area contributed by atoms with Crippen molar-refractivity contribution in [3.05, 3.63) is 34.9 Å². The lowest BCUT2D eigenvalue weighted by Crippen LogP contribution is -2.34. The number of benzene rings is 1. The monoisotopic (exact) mass is 274 g/mol. The molecule has 2 aliphatic rings. The molecule has 0 saturated carbocycles. The van der Waals surface area contributed by atoms with E-state index < -0.39 is 0 Å². The molecule has 3 heteroatoms. The molecule has 3 nitrogen and oxygen atoms in total. The molecule has 0 atom stereocenters. The van der Waals surface area contributed by atoms with E-state index in [1.54, 1.807) is 7.11 Å². The van der Waals surface area contributed by atoms with Gasteiger partial charge in [-0.3, -0.25) is 0 Å². The molecule has 0 N–H and O–H groups in total. The first-order valence-corrected chi connectivity index (χ1v) is 7.20. The lowest BCUT2D eigenvalue weighted by atomic mass is 9.93. The zero-order chi connectivity index (χ0) is 14.2. The Morgan fingerprint density at radius 2 is 1.95 bits per heavy atom. The van der Waals surface area contributed by atoms with Gasteiger partial charge in [0.2, 0.25) is 0 Å². The van der Waals surface area contributed by atoms with Crippen LogP contribution in [0.3, 0.4) is 0 Å². The molecule has 0 amide bonds. The van der Waals surface area contributed by atoms with Crippen LogP contribution in [0.1, 0.15) is 43.2 Å². The molecule has 1 aliphatic carbocycles. The van der Waals surface area contributed by atoms with Crippen LogP contribution in [0, 0.1) is 5.41 Å². The van der Waals surface area contributed by atoms with Gasteiger partial charge in [0, 0.05) is 11.0 Å². The molecule has 20 heavy (non-hydrogen) atoms. The molecule has 0 bridgehead atoms. The minimum absolute atomic E-state index is 0.0812. The minimum atomic E-state index is -0.321. The second-order valence-corrected chi connectivity index (χ2v) is 6.32. The van der Waals surface area contributed by atoms with Crippen molar-refractivity contribution >= 4 is 6.08 Å². The molecule has 1 saturated heterocycles. The zero-order valence-corrected chi connectivity index (χ0v) is 12.4. The van der Waals surface area contributed by atoms with E-state index in [1.165, 1.54) is 11.1 Å². The quantitative estimate of drug-likeness (QED) is 0.822. The van der Waals surface area contributed by atoms with Crippen LogP contribution in [0.5, 0.6) is 5.75 Å². The standard InChI is InChI=1S/C17H22O3/c1-17(2)10-19-16(20-11-17)14-9-8-12-6-4-5-7-13(12)15(14)18-3/h5,7-9,16H,4,6,10-11H2,1-3H3. The highest BCUT2D eigenvalue weighted by molar-refractivity contribution is 5.65. The molecule has 0 spiro atoms. The maximum Gasteiger partial charge on any atom is 0.187 e. The first-order valence-electron chi connectivity index (χ1n) is 7.20. The van der Waals surface area contributed by atoms with Crippen LogP contribution in [-0.2, 0) is 15.9 Å². The summed E-state index contributed by atoms with van der Waals surface area (Å²) >= 11 is 0. The molecular weight excluding hydrogens is 252 g/mol. The fourth-order valence-electron chi connectivity index (χ4n) is 2.78.